The molecule has 1 N–H and O–H groups in total. The molecule has 0 radical (unpaired) electrons. The molecule has 1 heterocycles. The van der Waals surface area contributed by atoms with Crippen LogP contribution in [0.25, 0.3) is 0 Å². The van der Waals surface area contributed by atoms with Gasteiger partial charge in [-0.15, -0.1) is 13.2 Å². The minimum Gasteiger partial charge on any atom is -0.481 e. The SMILES string of the molecule is O=C(O)[C@H]1CN(C(=O)Cc2cccc(OC(F)(F)F)c2)C[C@@H]1C1CC1. The fourth-order valence-electron chi connectivity index (χ4n) is 3.43. The van der Waals surface area contributed by atoms with Crippen molar-refractivity contribution in [2.75, 3.05) is 13.1 Å². The number of amides is 1. The highest BCUT2D eigenvalue weighted by Gasteiger charge is 2.46. The van der Waals surface area contributed by atoms with Crippen LogP contribution >= 0.6 is 0 Å². The molecule has 2 atom stereocenters. The number of carboxylic acid groups (broad SMARTS) is 1. The number of hydrogen-bond acceptors (Lipinski definition) is 3. The van der Waals surface area contributed by atoms with Gasteiger partial charge < -0.3 is 14.7 Å². The molecule has 2 aliphatic rings. The molecule has 0 unspecified atom stereocenters. The summed E-state index contributed by atoms with van der Waals surface area (Å²) < 4.78 is 40.7. The summed E-state index contributed by atoms with van der Waals surface area (Å²) >= 11 is 0. The molecular formula is C17H18F3NO4. The lowest BCUT2D eigenvalue weighted by atomic mass is 9.92. The summed E-state index contributed by atoms with van der Waals surface area (Å²) in [7, 11) is 0. The van der Waals surface area contributed by atoms with Crippen LogP contribution in [0.15, 0.2) is 24.3 Å². The fraction of sp³-hybridized carbons (Fsp3) is 0.529. The zero-order valence-corrected chi connectivity index (χ0v) is 13.3. The smallest absolute Gasteiger partial charge is 0.481 e. The Morgan fingerprint density at radius 3 is 2.56 bits per heavy atom. The third kappa shape index (κ3) is 4.43. The van der Waals surface area contributed by atoms with Gasteiger partial charge in [0, 0.05) is 13.1 Å². The monoisotopic (exact) mass is 357 g/mol. The Balaban J connectivity index is 1.64. The molecule has 5 nitrogen and oxygen atoms in total. The van der Waals surface area contributed by atoms with Crippen LogP contribution in [0, 0.1) is 17.8 Å². The van der Waals surface area contributed by atoms with Gasteiger partial charge in [0.05, 0.1) is 12.3 Å². The Morgan fingerprint density at radius 1 is 1.24 bits per heavy atom. The van der Waals surface area contributed by atoms with E-state index in [9.17, 15) is 27.9 Å². The lowest BCUT2D eigenvalue weighted by Crippen LogP contribution is -2.31. The van der Waals surface area contributed by atoms with Crippen molar-refractivity contribution in [3.05, 3.63) is 29.8 Å². The Morgan fingerprint density at radius 2 is 1.96 bits per heavy atom. The lowest BCUT2D eigenvalue weighted by molar-refractivity contribution is -0.274. The maximum atomic E-state index is 12.4. The minimum atomic E-state index is -4.79. The van der Waals surface area contributed by atoms with E-state index in [1.54, 1.807) is 6.07 Å². The van der Waals surface area contributed by atoms with Gasteiger partial charge in [-0.1, -0.05) is 12.1 Å². The second kappa shape index (κ2) is 6.57. The molecular weight excluding hydrogens is 339 g/mol. The predicted molar refractivity (Wildman–Crippen MR) is 80.7 cm³/mol. The molecule has 1 amide bonds. The second-order valence-corrected chi connectivity index (χ2v) is 6.62. The van der Waals surface area contributed by atoms with Gasteiger partial charge >= 0.3 is 12.3 Å². The third-order valence-electron chi connectivity index (χ3n) is 4.75. The predicted octanol–water partition coefficient (Wildman–Crippen LogP) is 2.70. The number of halogens is 3. The second-order valence-electron chi connectivity index (χ2n) is 6.62. The molecule has 0 aromatic heterocycles. The minimum absolute atomic E-state index is 0.0265. The number of ether oxygens (including phenoxy) is 1. The van der Waals surface area contributed by atoms with Gasteiger partial charge in [-0.05, 0) is 42.4 Å². The number of carboxylic acids is 1. The van der Waals surface area contributed by atoms with Crippen LogP contribution in [-0.4, -0.2) is 41.3 Å². The van der Waals surface area contributed by atoms with Crippen LogP contribution < -0.4 is 4.74 Å². The van der Waals surface area contributed by atoms with E-state index < -0.39 is 18.2 Å². The summed E-state index contributed by atoms with van der Waals surface area (Å²) in [6.07, 6.45) is -2.89. The number of rotatable bonds is 5. The van der Waals surface area contributed by atoms with Crippen LogP contribution in [0.3, 0.4) is 0 Å². The van der Waals surface area contributed by atoms with Gasteiger partial charge in [-0.3, -0.25) is 9.59 Å². The highest BCUT2D eigenvalue weighted by Crippen LogP contribution is 2.44. The Kier molecular flexibility index (Phi) is 4.62. The molecule has 3 rings (SSSR count). The number of nitrogens with zero attached hydrogens (tertiary/aromatic N) is 1. The summed E-state index contributed by atoms with van der Waals surface area (Å²) in [5, 5.41) is 9.33. The van der Waals surface area contributed by atoms with Crippen LogP contribution in [-0.2, 0) is 16.0 Å². The van der Waals surface area contributed by atoms with Crippen LogP contribution in [0.4, 0.5) is 13.2 Å². The van der Waals surface area contributed by atoms with E-state index in [0.29, 0.717) is 18.0 Å². The van der Waals surface area contributed by atoms with E-state index in [-0.39, 0.29) is 30.5 Å². The van der Waals surface area contributed by atoms with Gasteiger partial charge in [0.1, 0.15) is 5.75 Å². The third-order valence-corrected chi connectivity index (χ3v) is 4.75. The summed E-state index contributed by atoms with van der Waals surface area (Å²) in [5.74, 6) is -1.77. The van der Waals surface area contributed by atoms with Crippen LogP contribution in [0.5, 0.6) is 5.75 Å². The van der Waals surface area contributed by atoms with E-state index in [4.69, 9.17) is 0 Å². The zero-order chi connectivity index (χ0) is 18.2. The topological polar surface area (TPSA) is 66.8 Å². The fourth-order valence-corrected chi connectivity index (χ4v) is 3.43. The number of carbonyl (C=O) groups excluding carboxylic acids is 1. The molecule has 1 saturated heterocycles. The Labute approximate surface area is 142 Å². The van der Waals surface area contributed by atoms with Crippen molar-refractivity contribution in [3.63, 3.8) is 0 Å². The van der Waals surface area contributed by atoms with Crippen LogP contribution in [0.1, 0.15) is 18.4 Å². The molecule has 0 bridgehead atoms. The van der Waals surface area contributed by atoms with E-state index in [2.05, 4.69) is 4.74 Å². The number of hydrogen-bond donors (Lipinski definition) is 1. The van der Waals surface area contributed by atoms with Crippen molar-refractivity contribution in [2.24, 2.45) is 17.8 Å². The number of alkyl halides is 3. The van der Waals surface area contributed by atoms with Crippen molar-refractivity contribution in [1.82, 2.24) is 4.90 Å². The van der Waals surface area contributed by atoms with E-state index in [1.807, 2.05) is 0 Å². The molecule has 1 aliphatic carbocycles. The maximum absolute atomic E-state index is 12.4. The van der Waals surface area contributed by atoms with Crippen molar-refractivity contribution in [3.8, 4) is 5.75 Å². The van der Waals surface area contributed by atoms with E-state index in [1.165, 1.54) is 23.1 Å². The quantitative estimate of drug-likeness (QED) is 0.880. The molecule has 1 aromatic carbocycles. The van der Waals surface area contributed by atoms with Crippen molar-refractivity contribution >= 4 is 11.9 Å². The number of carbonyl (C=O) groups is 2. The van der Waals surface area contributed by atoms with Crippen molar-refractivity contribution < 1.29 is 32.6 Å². The average Bonchev–Trinajstić information content (AvgIpc) is 3.23. The molecule has 1 saturated carbocycles. The summed E-state index contributed by atoms with van der Waals surface area (Å²) in [6.45, 7) is 0.563. The zero-order valence-electron chi connectivity index (χ0n) is 13.3. The largest absolute Gasteiger partial charge is 0.573 e. The highest BCUT2D eigenvalue weighted by molar-refractivity contribution is 5.81. The first-order valence-corrected chi connectivity index (χ1v) is 8.08. The lowest BCUT2D eigenvalue weighted by Gasteiger charge is -2.17. The van der Waals surface area contributed by atoms with Gasteiger partial charge in [-0.25, -0.2) is 0 Å². The Bertz CT molecular complexity index is 672. The van der Waals surface area contributed by atoms with Gasteiger partial charge in [-0.2, -0.15) is 0 Å². The first kappa shape index (κ1) is 17.6. The highest BCUT2D eigenvalue weighted by atomic mass is 19.4. The summed E-state index contributed by atoms with van der Waals surface area (Å²) in [4.78, 5) is 25.3. The maximum Gasteiger partial charge on any atom is 0.573 e. The first-order valence-electron chi connectivity index (χ1n) is 8.08. The number of aliphatic carboxylic acids is 1. The summed E-state index contributed by atoms with van der Waals surface area (Å²) in [6, 6.07) is 5.28. The van der Waals surface area contributed by atoms with Gasteiger partial charge in [0.25, 0.3) is 0 Å². The van der Waals surface area contributed by atoms with E-state index in [0.717, 1.165) is 12.8 Å². The summed E-state index contributed by atoms with van der Waals surface area (Å²) in [5.41, 5.74) is 0.397. The molecule has 136 valence electrons. The van der Waals surface area contributed by atoms with E-state index >= 15 is 0 Å². The Hall–Kier alpha value is -2.25. The molecule has 8 heteroatoms. The van der Waals surface area contributed by atoms with Crippen molar-refractivity contribution in [2.45, 2.75) is 25.6 Å². The molecule has 25 heavy (non-hydrogen) atoms. The molecule has 2 fully saturated rings. The first-order chi connectivity index (χ1) is 11.7. The molecule has 1 aromatic rings. The molecule has 0 spiro atoms. The number of likely N-dealkylation sites (tertiary alicyclic amines) is 1. The number of benzene rings is 1. The standard InChI is InChI=1S/C17H18F3NO4/c18-17(19,20)25-12-3-1-2-10(6-12)7-15(22)21-8-13(11-4-5-11)14(9-21)16(23)24/h1-3,6,11,13-14H,4-5,7-9H2,(H,23,24)/t13-,14+/m1/s1. The van der Waals surface area contributed by atoms with Gasteiger partial charge in [0.15, 0.2) is 0 Å². The molecule has 1 aliphatic heterocycles. The van der Waals surface area contributed by atoms with Gasteiger partial charge in [0.2, 0.25) is 5.91 Å². The van der Waals surface area contributed by atoms with Crippen LogP contribution in [0.2, 0.25) is 0 Å². The van der Waals surface area contributed by atoms with Crippen molar-refractivity contribution in [1.29, 1.82) is 0 Å². The normalized spacial score (nSPS) is 23.6. The average molecular weight is 357 g/mol.